The van der Waals surface area contributed by atoms with Crippen LogP contribution in [0.15, 0.2) is 236 Å². The van der Waals surface area contributed by atoms with Crippen LogP contribution in [0, 0.1) is 11.8 Å². The van der Waals surface area contributed by atoms with E-state index in [4.69, 9.17) is 9.47 Å². The van der Waals surface area contributed by atoms with E-state index in [-0.39, 0.29) is 5.41 Å². The number of para-hydroxylation sites is 1. The number of nitrogens with zero attached hydrogens (tertiary/aromatic N) is 2. The Balaban J connectivity index is 0.811. The molecule has 4 nitrogen and oxygen atoms in total. The summed E-state index contributed by atoms with van der Waals surface area (Å²) in [6, 6.07) is 48.1. The van der Waals surface area contributed by atoms with Gasteiger partial charge in [-0.25, -0.2) is 0 Å². The lowest BCUT2D eigenvalue weighted by molar-refractivity contribution is 0.0998. The maximum atomic E-state index is 6.32. The Hall–Kier alpha value is -7.76. The van der Waals surface area contributed by atoms with Crippen molar-refractivity contribution in [2.24, 2.45) is 11.8 Å². The molecule has 372 valence electrons. The lowest BCUT2D eigenvalue weighted by Crippen LogP contribution is -2.17. The summed E-state index contributed by atoms with van der Waals surface area (Å²) in [5, 5.41) is 2.51. The van der Waals surface area contributed by atoms with Crippen molar-refractivity contribution in [2.45, 2.75) is 64.4 Å². The molecule has 75 heavy (non-hydrogen) atoms. The molecule has 0 saturated heterocycles. The first-order chi connectivity index (χ1) is 36.8. The zero-order valence-electron chi connectivity index (χ0n) is 43.5. The Morgan fingerprint density at radius 1 is 0.600 bits per heavy atom. The maximum Gasteiger partial charge on any atom is 0.0717 e. The highest BCUT2D eigenvalue weighted by molar-refractivity contribution is 6.11. The molecular formula is C71H66N2O2. The van der Waals surface area contributed by atoms with Crippen LogP contribution in [0.3, 0.4) is 0 Å². The number of hydrogen-bond acceptors (Lipinski definition) is 3. The van der Waals surface area contributed by atoms with Crippen molar-refractivity contribution in [3.63, 3.8) is 0 Å². The quantitative estimate of drug-likeness (QED) is 0.0965. The van der Waals surface area contributed by atoms with Gasteiger partial charge in [-0.15, -0.1) is 0 Å². The maximum absolute atomic E-state index is 6.32. The van der Waals surface area contributed by atoms with Crippen LogP contribution < -0.4 is 4.90 Å². The molecular weight excluding hydrogens is 913 g/mol. The van der Waals surface area contributed by atoms with Crippen molar-refractivity contribution in [1.82, 2.24) is 4.57 Å². The van der Waals surface area contributed by atoms with Crippen molar-refractivity contribution < 1.29 is 9.47 Å². The van der Waals surface area contributed by atoms with Gasteiger partial charge in [-0.2, -0.15) is 0 Å². The van der Waals surface area contributed by atoms with Crippen LogP contribution in [-0.2, 0) is 21.5 Å². The van der Waals surface area contributed by atoms with Gasteiger partial charge in [0.05, 0.1) is 37.5 Å². The molecule has 12 rings (SSSR count). The SMILES string of the molecule is C=CC1=CCC(COCc2ccc3c(c2)C(C)(C)c2cc(N(c4ccc(C5=CCCC=C5)cc4)c4ccc(-c5ccc6c(c5)c5ccccc5n6C5=CCC(COCC6=CC=C(C=C)CC6)C=C5)cc4)ccc2-3)C=C1. The summed E-state index contributed by atoms with van der Waals surface area (Å²) in [7, 11) is 0. The summed E-state index contributed by atoms with van der Waals surface area (Å²) in [6.07, 6.45) is 35.0. The minimum Gasteiger partial charge on any atom is -0.376 e. The molecule has 0 bridgehead atoms. The summed E-state index contributed by atoms with van der Waals surface area (Å²) in [5.74, 6) is 0.753. The first-order valence-electron chi connectivity index (χ1n) is 27.1. The first kappa shape index (κ1) is 48.2. The molecule has 2 atom stereocenters. The lowest BCUT2D eigenvalue weighted by atomic mass is 9.82. The fourth-order valence-corrected chi connectivity index (χ4v) is 11.9. The number of anilines is 3. The van der Waals surface area contributed by atoms with E-state index in [0.29, 0.717) is 31.7 Å². The molecule has 5 aliphatic carbocycles. The second kappa shape index (κ2) is 20.9. The molecule has 0 saturated carbocycles. The summed E-state index contributed by atoms with van der Waals surface area (Å²) < 4.78 is 15.0. The van der Waals surface area contributed by atoms with Gasteiger partial charge in [-0.3, -0.25) is 0 Å². The first-order valence-corrected chi connectivity index (χ1v) is 27.1. The van der Waals surface area contributed by atoms with Gasteiger partial charge in [-0.05, 0) is 166 Å². The van der Waals surface area contributed by atoms with Gasteiger partial charge in [0.1, 0.15) is 0 Å². The predicted octanol–water partition coefficient (Wildman–Crippen LogP) is 18.4. The van der Waals surface area contributed by atoms with Crippen LogP contribution in [0.2, 0.25) is 0 Å². The Bertz CT molecular complexity index is 3620. The Morgan fingerprint density at radius 2 is 1.29 bits per heavy atom. The van der Waals surface area contributed by atoms with Gasteiger partial charge in [-0.1, -0.05) is 173 Å². The Kier molecular flexibility index (Phi) is 13.4. The van der Waals surface area contributed by atoms with Crippen LogP contribution in [-0.4, -0.2) is 24.4 Å². The highest BCUT2D eigenvalue weighted by Gasteiger charge is 2.36. The Labute approximate surface area is 443 Å². The molecule has 0 N–H and O–H groups in total. The van der Waals surface area contributed by atoms with Crippen molar-refractivity contribution in [3.8, 4) is 22.3 Å². The topological polar surface area (TPSA) is 26.6 Å². The molecule has 0 spiro atoms. The van der Waals surface area contributed by atoms with Crippen molar-refractivity contribution in [3.05, 3.63) is 259 Å². The van der Waals surface area contributed by atoms with E-state index in [9.17, 15) is 0 Å². The molecule has 5 aliphatic rings. The molecule has 7 aromatic rings. The third kappa shape index (κ3) is 9.66. The molecule has 0 radical (unpaired) electrons. The monoisotopic (exact) mass is 979 g/mol. The normalized spacial score (nSPS) is 18.5. The number of allylic oxidation sites excluding steroid dienone is 15. The van der Waals surface area contributed by atoms with Crippen LogP contribution >= 0.6 is 0 Å². The fourth-order valence-electron chi connectivity index (χ4n) is 11.9. The molecule has 6 aromatic carbocycles. The van der Waals surface area contributed by atoms with E-state index in [1.807, 2.05) is 12.2 Å². The van der Waals surface area contributed by atoms with Crippen molar-refractivity contribution in [1.29, 1.82) is 0 Å². The third-order valence-corrected chi connectivity index (χ3v) is 16.2. The van der Waals surface area contributed by atoms with E-state index >= 15 is 0 Å². The van der Waals surface area contributed by atoms with Crippen molar-refractivity contribution in [2.75, 3.05) is 24.7 Å². The summed E-state index contributed by atoms with van der Waals surface area (Å²) in [5.41, 5.74) is 22.1. The molecule has 0 amide bonds. The molecule has 0 aliphatic heterocycles. The minimum atomic E-state index is -0.196. The summed E-state index contributed by atoms with van der Waals surface area (Å²) in [6.45, 7) is 15.3. The number of fused-ring (bicyclic) bond motifs is 6. The van der Waals surface area contributed by atoms with E-state index < -0.39 is 0 Å². The minimum absolute atomic E-state index is 0.196. The second-order valence-electron chi connectivity index (χ2n) is 21.4. The average molecular weight is 979 g/mol. The highest BCUT2D eigenvalue weighted by atomic mass is 16.5. The largest absolute Gasteiger partial charge is 0.376 e. The number of aromatic nitrogens is 1. The van der Waals surface area contributed by atoms with Gasteiger partial charge < -0.3 is 18.9 Å². The van der Waals surface area contributed by atoms with Crippen LogP contribution in [0.4, 0.5) is 17.1 Å². The van der Waals surface area contributed by atoms with Crippen LogP contribution in [0.1, 0.15) is 74.6 Å². The second-order valence-corrected chi connectivity index (χ2v) is 21.4. The summed E-state index contributed by atoms with van der Waals surface area (Å²) in [4.78, 5) is 2.42. The fraction of sp³-hybridized carbons (Fsp3) is 0.211. The Morgan fingerprint density at radius 3 is 1.99 bits per heavy atom. The van der Waals surface area contributed by atoms with Gasteiger partial charge in [0, 0.05) is 50.8 Å². The average Bonchev–Trinajstić information content (AvgIpc) is 3.96. The molecule has 0 fully saturated rings. The number of ether oxygens (including phenoxy) is 2. The van der Waals surface area contributed by atoms with E-state index in [1.165, 1.54) is 94.3 Å². The van der Waals surface area contributed by atoms with E-state index in [2.05, 4.69) is 231 Å². The standard InChI is InChI=1S/C71H66N2O2/c1-5-49-16-20-51(21-17-49)45-74-47-53-24-32-61(33-25-53)73-69-15-11-10-14-65(69)66-43-58(31-41-70(66)73)57-29-36-60(37-30-57)72(59-34-27-56(28-35-59)55-12-8-7-9-13-55)62-38-40-64-63-39-26-54(42-67(63)71(3,4)68(64)44-62)48-75-46-52-22-18-50(6-2)19-23-52/h5-6,8,10-16,18-20,22,24,26-44,52-53H,1-2,7,9,17,21,23,25,45-48H2,3-4H3. The van der Waals surface area contributed by atoms with Gasteiger partial charge in [0.25, 0.3) is 0 Å². The van der Waals surface area contributed by atoms with E-state index in [1.54, 1.807) is 0 Å². The third-order valence-electron chi connectivity index (χ3n) is 16.2. The smallest absolute Gasteiger partial charge is 0.0717 e. The summed E-state index contributed by atoms with van der Waals surface area (Å²) >= 11 is 0. The van der Waals surface area contributed by atoms with Crippen molar-refractivity contribution >= 4 is 50.1 Å². The van der Waals surface area contributed by atoms with Gasteiger partial charge >= 0.3 is 0 Å². The van der Waals surface area contributed by atoms with E-state index in [0.717, 1.165) is 62.2 Å². The predicted molar refractivity (Wildman–Crippen MR) is 317 cm³/mol. The number of rotatable bonds is 16. The highest BCUT2D eigenvalue weighted by Crippen LogP contribution is 2.51. The molecule has 2 unspecified atom stereocenters. The molecule has 1 aromatic heterocycles. The zero-order chi connectivity index (χ0) is 50.9. The molecule has 1 heterocycles. The molecule has 4 heteroatoms. The van der Waals surface area contributed by atoms with Crippen LogP contribution in [0.25, 0.3) is 55.3 Å². The van der Waals surface area contributed by atoms with Gasteiger partial charge in [0.2, 0.25) is 0 Å². The van der Waals surface area contributed by atoms with Gasteiger partial charge in [0.15, 0.2) is 0 Å². The lowest BCUT2D eigenvalue weighted by Gasteiger charge is -2.28. The number of benzene rings is 6. The number of hydrogen-bond donors (Lipinski definition) is 0. The van der Waals surface area contributed by atoms with Crippen LogP contribution in [0.5, 0.6) is 0 Å². The zero-order valence-corrected chi connectivity index (χ0v) is 43.5.